The van der Waals surface area contributed by atoms with E-state index in [-0.39, 0.29) is 5.91 Å². The van der Waals surface area contributed by atoms with E-state index < -0.39 is 0 Å². The van der Waals surface area contributed by atoms with Crippen LogP contribution in [0.4, 0.5) is 0 Å². The number of fused-ring (bicyclic) bond motifs is 2. The number of aromatic nitrogens is 1. The summed E-state index contributed by atoms with van der Waals surface area (Å²) in [4.78, 5) is 14.5. The summed E-state index contributed by atoms with van der Waals surface area (Å²) in [5.41, 5.74) is 0. The fourth-order valence-electron chi connectivity index (χ4n) is 3.44. The van der Waals surface area contributed by atoms with Crippen molar-refractivity contribution in [2.24, 2.45) is 0 Å². The van der Waals surface area contributed by atoms with Crippen molar-refractivity contribution in [3.63, 3.8) is 0 Å². The second-order valence-corrected chi connectivity index (χ2v) is 5.64. The van der Waals surface area contributed by atoms with E-state index in [0.29, 0.717) is 23.9 Å². The largest absolute Gasteiger partial charge is 0.351 e. The van der Waals surface area contributed by atoms with Gasteiger partial charge in [-0.15, -0.1) is 0 Å². The van der Waals surface area contributed by atoms with E-state index in [1.807, 2.05) is 4.90 Å². The molecule has 2 unspecified atom stereocenters. The molecule has 2 fully saturated rings. The molecule has 0 radical (unpaired) electrons. The Hall–Kier alpha value is -1.36. The van der Waals surface area contributed by atoms with Crippen LogP contribution in [0.25, 0.3) is 0 Å². The normalized spacial score (nSPS) is 29.4. The smallest absolute Gasteiger partial charge is 0.292 e. The number of nitrogens with one attached hydrogen (secondary N) is 1. The van der Waals surface area contributed by atoms with Crippen LogP contribution in [0.3, 0.4) is 0 Å². The molecule has 1 N–H and O–H groups in total. The minimum absolute atomic E-state index is 0.00866. The van der Waals surface area contributed by atoms with Gasteiger partial charge in [0.1, 0.15) is 0 Å². The average Bonchev–Trinajstić information content (AvgIpc) is 3.05. The van der Waals surface area contributed by atoms with Crippen LogP contribution in [0.2, 0.25) is 0 Å². The lowest BCUT2D eigenvalue weighted by atomic mass is 9.97. The maximum Gasteiger partial charge on any atom is 0.292 e. The first-order chi connectivity index (χ1) is 9.28. The molecule has 1 amide bonds. The Morgan fingerprint density at radius 1 is 1.47 bits per heavy atom. The number of hydrogen-bond acceptors (Lipinski definition) is 4. The Balaban J connectivity index is 1.75. The second-order valence-electron chi connectivity index (χ2n) is 5.64. The molecule has 3 heterocycles. The zero-order chi connectivity index (χ0) is 13.2. The van der Waals surface area contributed by atoms with Crippen molar-refractivity contribution in [1.29, 1.82) is 0 Å². The molecule has 2 aliphatic heterocycles. The van der Waals surface area contributed by atoms with Gasteiger partial charge in [0.05, 0.1) is 6.20 Å². The van der Waals surface area contributed by atoms with Gasteiger partial charge >= 0.3 is 0 Å². The van der Waals surface area contributed by atoms with Gasteiger partial charge in [0.25, 0.3) is 5.91 Å². The van der Waals surface area contributed by atoms with Gasteiger partial charge in [0.15, 0.2) is 0 Å². The predicted octanol–water partition coefficient (Wildman–Crippen LogP) is 1.81. The van der Waals surface area contributed by atoms with Gasteiger partial charge in [-0.3, -0.25) is 4.79 Å². The highest BCUT2D eigenvalue weighted by Gasteiger charge is 2.38. The summed E-state index contributed by atoms with van der Waals surface area (Å²) in [5.74, 6) is 0.352. The van der Waals surface area contributed by atoms with Crippen molar-refractivity contribution in [3.8, 4) is 0 Å². The lowest BCUT2D eigenvalue weighted by Gasteiger charge is -2.37. The first kappa shape index (κ1) is 12.7. The summed E-state index contributed by atoms with van der Waals surface area (Å²) in [6.07, 6.45) is 7.13. The fourth-order valence-corrected chi connectivity index (χ4v) is 3.44. The zero-order valence-electron chi connectivity index (χ0n) is 11.3. The number of rotatable bonds is 4. The first-order valence-corrected chi connectivity index (χ1v) is 7.25. The summed E-state index contributed by atoms with van der Waals surface area (Å²) in [6.45, 7) is 2.90. The summed E-state index contributed by atoms with van der Waals surface area (Å²) in [7, 11) is 0. The molecule has 104 valence electrons. The minimum atomic E-state index is -0.00866. The molecule has 2 bridgehead atoms. The van der Waals surface area contributed by atoms with Gasteiger partial charge in [-0.05, 0) is 32.1 Å². The number of nitrogens with zero attached hydrogens (tertiary/aromatic N) is 2. The first-order valence-electron chi connectivity index (χ1n) is 7.25. The van der Waals surface area contributed by atoms with Gasteiger partial charge in [-0.2, -0.15) is 0 Å². The summed E-state index contributed by atoms with van der Waals surface area (Å²) in [5, 5.41) is 7.26. The van der Waals surface area contributed by atoms with Crippen molar-refractivity contribution in [2.45, 2.75) is 57.2 Å². The third kappa shape index (κ3) is 2.52. The van der Waals surface area contributed by atoms with Gasteiger partial charge in [0.2, 0.25) is 5.76 Å². The molecule has 0 saturated carbocycles. The monoisotopic (exact) mass is 263 g/mol. The average molecular weight is 263 g/mol. The van der Waals surface area contributed by atoms with Crippen molar-refractivity contribution >= 4 is 5.91 Å². The van der Waals surface area contributed by atoms with Crippen LogP contribution in [-0.4, -0.2) is 40.6 Å². The number of hydrogen-bond donors (Lipinski definition) is 1. The van der Waals surface area contributed by atoms with E-state index in [2.05, 4.69) is 17.4 Å². The molecule has 2 saturated heterocycles. The van der Waals surface area contributed by atoms with Crippen molar-refractivity contribution in [2.75, 3.05) is 6.54 Å². The fraction of sp³-hybridized carbons (Fsp3) is 0.714. The summed E-state index contributed by atoms with van der Waals surface area (Å²) in [6, 6.07) is 3.17. The Morgan fingerprint density at radius 2 is 2.21 bits per heavy atom. The van der Waals surface area contributed by atoms with Crippen molar-refractivity contribution in [1.82, 2.24) is 15.4 Å². The van der Waals surface area contributed by atoms with E-state index in [4.69, 9.17) is 4.52 Å². The number of piperidine rings is 1. The molecule has 1 aromatic rings. The molecule has 0 spiro atoms. The van der Waals surface area contributed by atoms with Gasteiger partial charge in [0, 0.05) is 30.7 Å². The molecule has 5 nitrogen and oxygen atoms in total. The third-order valence-corrected chi connectivity index (χ3v) is 4.26. The summed E-state index contributed by atoms with van der Waals surface area (Å²) >= 11 is 0. The molecule has 19 heavy (non-hydrogen) atoms. The molecule has 2 atom stereocenters. The maximum atomic E-state index is 12.5. The lowest BCUT2D eigenvalue weighted by molar-refractivity contribution is 0.0575. The quantitative estimate of drug-likeness (QED) is 0.900. The zero-order valence-corrected chi connectivity index (χ0v) is 11.3. The van der Waals surface area contributed by atoms with E-state index in [1.54, 1.807) is 6.07 Å². The predicted molar refractivity (Wildman–Crippen MR) is 70.8 cm³/mol. The SMILES string of the molecule is CCCN(C(=O)c1ccno1)C1CC2CCC(C1)N2. The lowest BCUT2D eigenvalue weighted by Crippen LogP contribution is -2.50. The van der Waals surface area contributed by atoms with Gasteiger partial charge in [-0.1, -0.05) is 12.1 Å². The van der Waals surface area contributed by atoms with Crippen molar-refractivity contribution < 1.29 is 9.32 Å². The Labute approximate surface area is 113 Å². The van der Waals surface area contributed by atoms with E-state index >= 15 is 0 Å². The highest BCUT2D eigenvalue weighted by atomic mass is 16.5. The number of carbonyl (C=O) groups excluding carboxylic acids is 1. The van der Waals surface area contributed by atoms with Crippen LogP contribution < -0.4 is 5.32 Å². The van der Waals surface area contributed by atoms with Crippen LogP contribution in [0.5, 0.6) is 0 Å². The van der Waals surface area contributed by atoms with Crippen LogP contribution >= 0.6 is 0 Å². The van der Waals surface area contributed by atoms with Crippen molar-refractivity contribution in [3.05, 3.63) is 18.0 Å². The molecular weight excluding hydrogens is 242 g/mol. The highest BCUT2D eigenvalue weighted by molar-refractivity contribution is 5.91. The second kappa shape index (κ2) is 5.33. The molecule has 1 aromatic heterocycles. The topological polar surface area (TPSA) is 58.4 Å². The van der Waals surface area contributed by atoms with Crippen LogP contribution in [-0.2, 0) is 0 Å². The molecule has 0 aliphatic carbocycles. The Bertz CT molecular complexity index is 420. The van der Waals surface area contributed by atoms with Crippen LogP contribution in [0.1, 0.15) is 49.6 Å². The maximum absolute atomic E-state index is 12.5. The van der Waals surface area contributed by atoms with E-state index in [0.717, 1.165) is 25.8 Å². The van der Waals surface area contributed by atoms with Crippen LogP contribution in [0.15, 0.2) is 16.8 Å². The summed E-state index contributed by atoms with van der Waals surface area (Å²) < 4.78 is 5.03. The number of amides is 1. The molecular formula is C14H21N3O2. The molecule has 0 aromatic carbocycles. The third-order valence-electron chi connectivity index (χ3n) is 4.26. The standard InChI is InChI=1S/C14H21N3O2/c1-2-7-17(14(18)13-5-6-15-19-13)12-8-10-3-4-11(9-12)16-10/h5-6,10-12,16H,2-4,7-9H2,1H3. The van der Waals surface area contributed by atoms with Crippen LogP contribution in [0, 0.1) is 0 Å². The molecule has 5 heteroatoms. The van der Waals surface area contributed by atoms with E-state index in [9.17, 15) is 4.79 Å². The van der Waals surface area contributed by atoms with E-state index in [1.165, 1.54) is 19.0 Å². The van der Waals surface area contributed by atoms with Gasteiger partial charge in [-0.25, -0.2) is 0 Å². The Morgan fingerprint density at radius 3 is 2.79 bits per heavy atom. The Kier molecular flexibility index (Phi) is 3.55. The van der Waals surface area contributed by atoms with Gasteiger partial charge < -0.3 is 14.7 Å². The molecule has 2 aliphatic rings. The highest BCUT2D eigenvalue weighted by Crippen LogP contribution is 2.30. The molecule has 3 rings (SSSR count). The minimum Gasteiger partial charge on any atom is -0.351 e. The number of carbonyl (C=O) groups is 1.